The molecule has 0 N–H and O–H groups in total. The molecule has 2 saturated heterocycles. The van der Waals surface area contributed by atoms with Gasteiger partial charge in [0.25, 0.3) is 0 Å². The molecular weight excluding hydrogens is 358 g/mol. The topological polar surface area (TPSA) is 70.2 Å². The number of amides is 3. The first-order chi connectivity index (χ1) is 13.0. The summed E-state index contributed by atoms with van der Waals surface area (Å²) in [4.78, 5) is 43.1. The van der Waals surface area contributed by atoms with Crippen LogP contribution in [0.4, 0.5) is 4.79 Å². The third kappa shape index (κ3) is 5.85. The highest BCUT2D eigenvalue weighted by Gasteiger charge is 2.37. The Labute approximate surface area is 169 Å². The first-order valence-corrected chi connectivity index (χ1v) is 10.5. The van der Waals surface area contributed by atoms with Crippen LogP contribution in [0.1, 0.15) is 60.3 Å². The van der Waals surface area contributed by atoms with Crippen LogP contribution in [0.2, 0.25) is 0 Å². The van der Waals surface area contributed by atoms with Crippen LogP contribution >= 0.6 is 0 Å². The van der Waals surface area contributed by atoms with E-state index in [0.717, 1.165) is 38.8 Å². The minimum absolute atomic E-state index is 0.0150. The van der Waals surface area contributed by atoms with Crippen LogP contribution in [0.15, 0.2) is 0 Å². The van der Waals surface area contributed by atoms with E-state index in [1.54, 1.807) is 11.9 Å². The molecule has 0 aliphatic carbocycles. The molecule has 0 aromatic rings. The maximum Gasteiger partial charge on any atom is 0.410 e. The van der Waals surface area contributed by atoms with Crippen molar-refractivity contribution >= 4 is 17.9 Å². The fraction of sp³-hybridized carbons (Fsp3) is 0.857. The Balaban J connectivity index is 1.96. The van der Waals surface area contributed by atoms with Gasteiger partial charge in [-0.15, -0.1) is 0 Å². The summed E-state index contributed by atoms with van der Waals surface area (Å²) in [5, 5.41) is 0. The molecule has 7 heteroatoms. The van der Waals surface area contributed by atoms with Crippen molar-refractivity contribution in [1.82, 2.24) is 14.7 Å². The van der Waals surface area contributed by atoms with Gasteiger partial charge in [0.1, 0.15) is 5.60 Å². The fourth-order valence-electron chi connectivity index (χ4n) is 4.02. The molecule has 0 saturated carbocycles. The van der Waals surface area contributed by atoms with E-state index in [1.165, 1.54) is 0 Å². The van der Waals surface area contributed by atoms with Gasteiger partial charge in [0.15, 0.2) is 0 Å². The maximum atomic E-state index is 13.2. The zero-order valence-electron chi connectivity index (χ0n) is 18.4. The molecule has 0 spiro atoms. The molecule has 28 heavy (non-hydrogen) atoms. The normalized spacial score (nSPS) is 23.1. The lowest BCUT2D eigenvalue weighted by atomic mass is 9.95. The van der Waals surface area contributed by atoms with Crippen LogP contribution in [-0.4, -0.2) is 77.5 Å². The number of rotatable bonds is 4. The van der Waals surface area contributed by atoms with E-state index in [-0.39, 0.29) is 35.8 Å². The van der Waals surface area contributed by atoms with Gasteiger partial charge in [0.2, 0.25) is 11.8 Å². The van der Waals surface area contributed by atoms with Crippen molar-refractivity contribution in [2.75, 3.05) is 33.2 Å². The molecule has 2 rings (SSSR count). The summed E-state index contributed by atoms with van der Waals surface area (Å²) in [6.45, 7) is 11.8. The van der Waals surface area contributed by atoms with Gasteiger partial charge in [-0.25, -0.2) is 4.79 Å². The van der Waals surface area contributed by atoms with Crippen molar-refractivity contribution < 1.29 is 19.1 Å². The second kappa shape index (κ2) is 9.14. The van der Waals surface area contributed by atoms with E-state index < -0.39 is 5.60 Å². The summed E-state index contributed by atoms with van der Waals surface area (Å²) in [5.41, 5.74) is -0.537. The number of hydrogen-bond donors (Lipinski definition) is 0. The summed E-state index contributed by atoms with van der Waals surface area (Å²) < 4.78 is 5.42. The highest BCUT2D eigenvalue weighted by atomic mass is 16.6. The summed E-state index contributed by atoms with van der Waals surface area (Å²) in [7, 11) is 1.72. The number of hydrogen-bond acceptors (Lipinski definition) is 4. The van der Waals surface area contributed by atoms with Crippen LogP contribution < -0.4 is 0 Å². The van der Waals surface area contributed by atoms with Gasteiger partial charge in [-0.3, -0.25) is 9.59 Å². The number of likely N-dealkylation sites (N-methyl/N-ethyl adjacent to an activating group) is 1. The van der Waals surface area contributed by atoms with E-state index in [1.807, 2.05) is 44.4 Å². The van der Waals surface area contributed by atoms with Crippen LogP contribution in [0.25, 0.3) is 0 Å². The fourth-order valence-corrected chi connectivity index (χ4v) is 4.02. The second-order valence-electron chi connectivity index (χ2n) is 9.47. The smallest absolute Gasteiger partial charge is 0.410 e. The molecule has 0 radical (unpaired) electrons. The number of carbonyl (C=O) groups excluding carboxylic acids is 3. The van der Waals surface area contributed by atoms with Crippen LogP contribution in [-0.2, 0) is 14.3 Å². The Morgan fingerprint density at radius 1 is 1.11 bits per heavy atom. The van der Waals surface area contributed by atoms with E-state index in [9.17, 15) is 14.4 Å². The van der Waals surface area contributed by atoms with E-state index in [4.69, 9.17) is 4.74 Å². The van der Waals surface area contributed by atoms with Crippen LogP contribution in [0.3, 0.4) is 0 Å². The van der Waals surface area contributed by atoms with E-state index in [0.29, 0.717) is 13.1 Å². The van der Waals surface area contributed by atoms with Gasteiger partial charge < -0.3 is 19.4 Å². The second-order valence-corrected chi connectivity index (χ2v) is 9.47. The third-order valence-corrected chi connectivity index (χ3v) is 5.43. The highest BCUT2D eigenvalue weighted by Crippen LogP contribution is 2.26. The van der Waals surface area contributed by atoms with Crippen molar-refractivity contribution in [1.29, 1.82) is 0 Å². The standard InChI is InChI=1S/C21H37N3O4/c1-15(2)18(25)23-11-7-9-16(13-23)19(26)24-12-8-10-17(24)14-22(6)20(27)28-21(3,4)5/h15-17H,7-14H2,1-6H3/t16-,17-/m0/s1. The van der Waals surface area contributed by atoms with E-state index >= 15 is 0 Å². The van der Waals surface area contributed by atoms with Gasteiger partial charge in [0, 0.05) is 45.2 Å². The van der Waals surface area contributed by atoms with Gasteiger partial charge in [0.05, 0.1) is 5.92 Å². The molecule has 2 aliphatic rings. The predicted octanol–water partition coefficient (Wildman–Crippen LogP) is 2.74. The Morgan fingerprint density at radius 3 is 2.36 bits per heavy atom. The molecule has 3 amide bonds. The average molecular weight is 396 g/mol. The number of nitrogens with zero attached hydrogens (tertiary/aromatic N) is 3. The quantitative estimate of drug-likeness (QED) is 0.734. The Hall–Kier alpha value is -1.79. The molecule has 0 bridgehead atoms. The largest absolute Gasteiger partial charge is 0.444 e. The Bertz CT molecular complexity index is 585. The monoisotopic (exact) mass is 395 g/mol. The first-order valence-electron chi connectivity index (χ1n) is 10.5. The first kappa shape index (κ1) is 22.5. The maximum absolute atomic E-state index is 13.2. The third-order valence-electron chi connectivity index (χ3n) is 5.43. The van der Waals surface area contributed by atoms with Crippen LogP contribution in [0, 0.1) is 11.8 Å². The van der Waals surface area contributed by atoms with Gasteiger partial charge in [-0.05, 0) is 46.5 Å². The molecule has 2 fully saturated rings. The molecule has 2 atom stereocenters. The lowest BCUT2D eigenvalue weighted by Crippen LogP contribution is -2.51. The van der Waals surface area contributed by atoms with Crippen molar-refractivity contribution in [3.8, 4) is 0 Å². The summed E-state index contributed by atoms with van der Waals surface area (Å²) in [6.07, 6.45) is 3.16. The molecule has 7 nitrogen and oxygen atoms in total. The highest BCUT2D eigenvalue weighted by molar-refractivity contribution is 5.82. The number of piperidine rings is 1. The van der Waals surface area contributed by atoms with Crippen molar-refractivity contribution in [2.24, 2.45) is 11.8 Å². The summed E-state index contributed by atoms with van der Waals surface area (Å²) >= 11 is 0. The van der Waals surface area contributed by atoms with E-state index in [2.05, 4.69) is 0 Å². The predicted molar refractivity (Wildman–Crippen MR) is 108 cm³/mol. The zero-order valence-corrected chi connectivity index (χ0v) is 18.4. The van der Waals surface area contributed by atoms with Crippen molar-refractivity contribution in [2.45, 2.75) is 71.9 Å². The van der Waals surface area contributed by atoms with Gasteiger partial charge >= 0.3 is 6.09 Å². The van der Waals surface area contributed by atoms with Crippen molar-refractivity contribution in [3.63, 3.8) is 0 Å². The SMILES string of the molecule is CC(C)C(=O)N1CCC[C@H](C(=O)N2CCC[C@H]2CN(C)C(=O)OC(C)(C)C)C1. The minimum Gasteiger partial charge on any atom is -0.444 e. The number of carbonyl (C=O) groups is 3. The van der Waals surface area contributed by atoms with Crippen molar-refractivity contribution in [3.05, 3.63) is 0 Å². The van der Waals surface area contributed by atoms with Crippen LogP contribution in [0.5, 0.6) is 0 Å². The molecular formula is C21H37N3O4. The Kier molecular flexibility index (Phi) is 7.34. The number of ether oxygens (including phenoxy) is 1. The zero-order chi connectivity index (χ0) is 21.1. The Morgan fingerprint density at radius 2 is 1.75 bits per heavy atom. The molecule has 2 aliphatic heterocycles. The van der Waals surface area contributed by atoms with Gasteiger partial charge in [-0.1, -0.05) is 13.8 Å². The minimum atomic E-state index is -0.537. The molecule has 0 aromatic heterocycles. The number of likely N-dealkylation sites (tertiary alicyclic amines) is 2. The van der Waals surface area contributed by atoms with Gasteiger partial charge in [-0.2, -0.15) is 0 Å². The molecule has 0 unspecified atom stereocenters. The lowest BCUT2D eigenvalue weighted by molar-refractivity contribution is -0.143. The molecule has 2 heterocycles. The summed E-state index contributed by atoms with van der Waals surface area (Å²) in [6, 6.07) is 0.0150. The molecule has 160 valence electrons. The summed E-state index contributed by atoms with van der Waals surface area (Å²) in [5.74, 6) is 0.0706. The molecule has 0 aromatic carbocycles. The average Bonchev–Trinajstić information content (AvgIpc) is 3.07. The lowest BCUT2D eigenvalue weighted by Gasteiger charge is -2.37.